The lowest BCUT2D eigenvalue weighted by atomic mass is 9.97. The number of nitrogens with zero attached hydrogens (tertiary/aromatic N) is 2. The molecule has 138 valence electrons. The summed E-state index contributed by atoms with van der Waals surface area (Å²) in [7, 11) is 2.06. The third kappa shape index (κ3) is 3.75. The van der Waals surface area contributed by atoms with Crippen molar-refractivity contribution in [2.45, 2.75) is 19.1 Å². The normalized spacial score (nSPS) is 17.2. The molecular weight excluding hydrogens is 345 g/mol. The van der Waals surface area contributed by atoms with Crippen molar-refractivity contribution in [1.29, 1.82) is 0 Å². The van der Waals surface area contributed by atoms with Crippen LogP contribution in [0.15, 0.2) is 59.4 Å². The number of fused-ring (bicyclic) bond motifs is 1. The second kappa shape index (κ2) is 7.32. The van der Waals surface area contributed by atoms with Crippen molar-refractivity contribution in [3.63, 3.8) is 0 Å². The molecule has 0 spiro atoms. The summed E-state index contributed by atoms with van der Waals surface area (Å²) in [6.45, 7) is 1.61. The summed E-state index contributed by atoms with van der Waals surface area (Å²) in [6.07, 6.45) is 0.549. The van der Waals surface area contributed by atoms with Crippen LogP contribution in [-0.2, 0) is 6.54 Å². The van der Waals surface area contributed by atoms with Crippen molar-refractivity contribution in [1.82, 2.24) is 15.1 Å². The van der Waals surface area contributed by atoms with Gasteiger partial charge in [0.1, 0.15) is 6.10 Å². The van der Waals surface area contributed by atoms with Crippen LogP contribution in [0.4, 0.5) is 4.39 Å². The third-order valence-electron chi connectivity index (χ3n) is 4.78. The first-order valence-corrected chi connectivity index (χ1v) is 8.89. The van der Waals surface area contributed by atoms with Crippen molar-refractivity contribution in [3.8, 4) is 17.0 Å². The first-order chi connectivity index (χ1) is 13.1. The molecule has 3 aromatic rings. The van der Waals surface area contributed by atoms with E-state index < -0.39 is 0 Å². The molecule has 1 aliphatic rings. The molecule has 27 heavy (non-hydrogen) atoms. The van der Waals surface area contributed by atoms with Gasteiger partial charge in [0.05, 0.1) is 5.69 Å². The van der Waals surface area contributed by atoms with E-state index in [0.29, 0.717) is 5.69 Å². The van der Waals surface area contributed by atoms with Gasteiger partial charge in [0.15, 0.2) is 11.6 Å². The molecule has 1 aromatic heterocycles. The predicted molar refractivity (Wildman–Crippen MR) is 101 cm³/mol. The molecule has 0 saturated heterocycles. The van der Waals surface area contributed by atoms with Crippen molar-refractivity contribution in [3.05, 3.63) is 81.9 Å². The van der Waals surface area contributed by atoms with E-state index in [0.717, 1.165) is 36.2 Å². The van der Waals surface area contributed by atoms with Crippen molar-refractivity contribution in [2.75, 3.05) is 13.6 Å². The number of benzene rings is 2. The second-order valence-corrected chi connectivity index (χ2v) is 6.78. The number of ether oxygens (including phenoxy) is 1. The highest BCUT2D eigenvalue weighted by Crippen LogP contribution is 2.33. The minimum atomic E-state index is -0.356. The van der Waals surface area contributed by atoms with Crippen molar-refractivity contribution >= 4 is 0 Å². The van der Waals surface area contributed by atoms with Gasteiger partial charge < -0.3 is 9.64 Å². The lowest BCUT2D eigenvalue weighted by Gasteiger charge is -2.20. The van der Waals surface area contributed by atoms with Crippen LogP contribution < -0.4 is 10.3 Å². The van der Waals surface area contributed by atoms with Crippen LogP contribution in [-0.4, -0.2) is 28.7 Å². The summed E-state index contributed by atoms with van der Waals surface area (Å²) in [5.74, 6) is -0.0879. The second-order valence-electron chi connectivity index (χ2n) is 6.78. The molecule has 0 bridgehead atoms. The molecular formula is C21H20FN3O2. The van der Waals surface area contributed by atoms with E-state index in [2.05, 4.69) is 28.2 Å². The third-order valence-corrected chi connectivity index (χ3v) is 4.78. The van der Waals surface area contributed by atoms with Crippen LogP contribution in [0.5, 0.6) is 5.75 Å². The molecule has 1 N–H and O–H groups in total. The monoisotopic (exact) mass is 365 g/mol. The minimum Gasteiger partial charge on any atom is -0.483 e. The van der Waals surface area contributed by atoms with Gasteiger partial charge in [0, 0.05) is 31.1 Å². The van der Waals surface area contributed by atoms with Crippen LogP contribution in [0, 0.1) is 5.82 Å². The van der Waals surface area contributed by atoms with Crippen LogP contribution >= 0.6 is 0 Å². The molecule has 1 atom stereocenters. The molecule has 0 aliphatic carbocycles. The summed E-state index contributed by atoms with van der Waals surface area (Å²) in [4.78, 5) is 13.5. The van der Waals surface area contributed by atoms with E-state index in [-0.39, 0.29) is 23.2 Å². The Balaban J connectivity index is 1.70. The Bertz CT molecular complexity index is 998. The van der Waals surface area contributed by atoms with Gasteiger partial charge in [-0.2, -0.15) is 5.10 Å². The Morgan fingerprint density at radius 2 is 2.04 bits per heavy atom. The molecule has 0 radical (unpaired) electrons. The first kappa shape index (κ1) is 17.4. The molecule has 5 nitrogen and oxygen atoms in total. The number of halogens is 1. The standard InChI is InChI=1S/C21H20FN3O2/c1-25-11-10-19(27-20-5-3-2-4-17(20)22)16-7-6-14(12-15(16)13-25)18-8-9-21(26)24-23-18/h2-9,12,19H,10-11,13H2,1H3,(H,24,26). The molecule has 2 aromatic carbocycles. The van der Waals surface area contributed by atoms with Gasteiger partial charge in [-0.25, -0.2) is 9.49 Å². The fourth-order valence-electron chi connectivity index (χ4n) is 3.40. The van der Waals surface area contributed by atoms with Gasteiger partial charge in [-0.3, -0.25) is 4.79 Å². The summed E-state index contributed by atoms with van der Waals surface area (Å²) in [5, 5.41) is 6.57. The van der Waals surface area contributed by atoms with Gasteiger partial charge in [-0.1, -0.05) is 24.3 Å². The van der Waals surface area contributed by atoms with Gasteiger partial charge in [-0.05, 0) is 42.4 Å². The fraction of sp³-hybridized carbons (Fsp3) is 0.238. The summed E-state index contributed by atoms with van der Waals surface area (Å²) in [5.41, 5.74) is 3.56. The van der Waals surface area contributed by atoms with Crippen LogP contribution in [0.3, 0.4) is 0 Å². The predicted octanol–water partition coefficient (Wildman–Crippen LogP) is 3.53. The SMILES string of the molecule is CN1CCC(Oc2ccccc2F)c2ccc(-c3ccc(=O)[nH]n3)cc2C1. The molecule has 2 heterocycles. The summed E-state index contributed by atoms with van der Waals surface area (Å²) in [6, 6.07) is 15.7. The lowest BCUT2D eigenvalue weighted by molar-refractivity contribution is 0.175. The number of nitrogens with one attached hydrogen (secondary N) is 1. The number of H-pyrrole nitrogens is 1. The molecule has 0 fully saturated rings. The largest absolute Gasteiger partial charge is 0.483 e. The van der Waals surface area contributed by atoms with Gasteiger partial charge in [0.25, 0.3) is 5.56 Å². The average molecular weight is 365 g/mol. The minimum absolute atomic E-state index is 0.223. The highest BCUT2D eigenvalue weighted by Gasteiger charge is 2.24. The van der Waals surface area contributed by atoms with Crippen molar-refractivity contribution in [2.24, 2.45) is 0 Å². The fourth-order valence-corrected chi connectivity index (χ4v) is 3.40. The van der Waals surface area contributed by atoms with Crippen molar-refractivity contribution < 1.29 is 9.13 Å². The van der Waals surface area contributed by atoms with E-state index in [4.69, 9.17) is 4.74 Å². The smallest absolute Gasteiger partial charge is 0.264 e. The lowest BCUT2D eigenvalue weighted by Crippen LogP contribution is -2.18. The van der Waals surface area contributed by atoms with Crippen LogP contribution in [0.25, 0.3) is 11.3 Å². The quantitative estimate of drug-likeness (QED) is 0.771. The Morgan fingerprint density at radius 1 is 1.19 bits per heavy atom. The number of rotatable bonds is 3. The zero-order valence-electron chi connectivity index (χ0n) is 15.0. The highest BCUT2D eigenvalue weighted by molar-refractivity contribution is 5.60. The van der Waals surface area contributed by atoms with E-state index in [1.807, 2.05) is 12.1 Å². The molecule has 4 rings (SSSR count). The van der Waals surface area contributed by atoms with Gasteiger partial charge in [0.2, 0.25) is 0 Å². The number of hydrogen-bond donors (Lipinski definition) is 1. The number of hydrogen-bond acceptors (Lipinski definition) is 4. The zero-order valence-corrected chi connectivity index (χ0v) is 15.0. The molecule has 0 saturated carbocycles. The van der Waals surface area contributed by atoms with Crippen LogP contribution in [0.1, 0.15) is 23.7 Å². The Morgan fingerprint density at radius 3 is 2.81 bits per heavy atom. The van der Waals surface area contributed by atoms with E-state index in [9.17, 15) is 9.18 Å². The zero-order chi connectivity index (χ0) is 18.8. The topological polar surface area (TPSA) is 58.2 Å². The van der Waals surface area contributed by atoms with Crippen LogP contribution in [0.2, 0.25) is 0 Å². The Kier molecular flexibility index (Phi) is 4.73. The number of para-hydroxylation sites is 1. The Labute approximate surface area is 156 Å². The van der Waals surface area contributed by atoms with E-state index in [1.165, 1.54) is 12.1 Å². The van der Waals surface area contributed by atoms with Gasteiger partial charge >= 0.3 is 0 Å². The maximum atomic E-state index is 14.0. The summed E-state index contributed by atoms with van der Waals surface area (Å²) >= 11 is 0. The number of aromatic amines is 1. The Hall–Kier alpha value is -2.99. The maximum Gasteiger partial charge on any atom is 0.264 e. The molecule has 0 amide bonds. The van der Waals surface area contributed by atoms with E-state index >= 15 is 0 Å². The van der Waals surface area contributed by atoms with E-state index in [1.54, 1.807) is 24.3 Å². The summed E-state index contributed by atoms with van der Waals surface area (Å²) < 4.78 is 20.1. The maximum absolute atomic E-state index is 14.0. The molecule has 6 heteroatoms. The highest BCUT2D eigenvalue weighted by atomic mass is 19.1. The first-order valence-electron chi connectivity index (χ1n) is 8.89. The average Bonchev–Trinajstić information content (AvgIpc) is 2.82. The molecule has 1 aliphatic heterocycles. The molecule has 1 unspecified atom stereocenters. The number of aromatic nitrogens is 2. The van der Waals surface area contributed by atoms with Gasteiger partial charge in [-0.15, -0.1) is 0 Å².